The number of aliphatic imine (C=N–C) groups is 1. The van der Waals surface area contributed by atoms with Crippen molar-refractivity contribution >= 4 is 41.0 Å². The number of halogens is 1. The lowest BCUT2D eigenvalue weighted by Crippen LogP contribution is -2.38. The van der Waals surface area contributed by atoms with Crippen molar-refractivity contribution in [3.05, 3.63) is 47.5 Å². The summed E-state index contributed by atoms with van der Waals surface area (Å²) >= 11 is 0. The van der Waals surface area contributed by atoms with E-state index in [0.29, 0.717) is 0 Å². The molecule has 30 heavy (non-hydrogen) atoms. The van der Waals surface area contributed by atoms with Gasteiger partial charge in [-0.05, 0) is 58.7 Å². The first-order valence-corrected chi connectivity index (χ1v) is 10.5. The highest BCUT2D eigenvalue weighted by Gasteiger charge is 2.06. The molecular weight excluding hydrogens is 489 g/mol. The standard InChI is InChI=1S/C22H33N7.HI/c1-5-23-22(25-13-9-15-29-18(3)16-17(2)27-29)24-12-8-14-28-19(4)26-20-10-6-7-11-21(20)28;/h6-7,10-11,16H,5,8-9,12-15H2,1-4H3,(H2,23,24,25);1H. The number of aryl methyl sites for hydroxylation is 5. The maximum atomic E-state index is 4.73. The highest BCUT2D eigenvalue weighted by molar-refractivity contribution is 14.0. The molecule has 0 aliphatic rings. The minimum atomic E-state index is 0. The van der Waals surface area contributed by atoms with Gasteiger partial charge < -0.3 is 15.2 Å². The van der Waals surface area contributed by atoms with Crippen LogP contribution in [0.25, 0.3) is 11.0 Å². The zero-order valence-electron chi connectivity index (χ0n) is 18.5. The van der Waals surface area contributed by atoms with Crippen molar-refractivity contribution in [2.24, 2.45) is 4.99 Å². The molecule has 0 bridgehead atoms. The summed E-state index contributed by atoms with van der Waals surface area (Å²) in [5, 5.41) is 11.3. The number of para-hydroxylation sites is 2. The summed E-state index contributed by atoms with van der Waals surface area (Å²) in [7, 11) is 0. The van der Waals surface area contributed by atoms with Gasteiger partial charge in [-0.1, -0.05) is 12.1 Å². The average Bonchev–Trinajstić information content (AvgIpc) is 3.19. The number of benzene rings is 1. The third-order valence-corrected chi connectivity index (χ3v) is 4.94. The molecule has 0 aliphatic carbocycles. The summed E-state index contributed by atoms with van der Waals surface area (Å²) in [5.74, 6) is 1.94. The Balaban J connectivity index is 0.00000320. The molecule has 0 aliphatic heterocycles. The zero-order valence-corrected chi connectivity index (χ0v) is 20.8. The van der Waals surface area contributed by atoms with Gasteiger partial charge in [-0.15, -0.1) is 24.0 Å². The number of fused-ring (bicyclic) bond motifs is 1. The van der Waals surface area contributed by atoms with Crippen LogP contribution in [-0.2, 0) is 13.1 Å². The fourth-order valence-corrected chi connectivity index (χ4v) is 3.58. The molecule has 8 heteroatoms. The van der Waals surface area contributed by atoms with E-state index in [1.165, 1.54) is 11.2 Å². The molecule has 3 rings (SSSR count). The molecule has 2 N–H and O–H groups in total. The van der Waals surface area contributed by atoms with E-state index in [-0.39, 0.29) is 24.0 Å². The van der Waals surface area contributed by atoms with E-state index in [0.717, 1.165) is 68.6 Å². The monoisotopic (exact) mass is 523 g/mol. The predicted molar refractivity (Wildman–Crippen MR) is 135 cm³/mol. The first-order chi connectivity index (χ1) is 14.1. The number of hydrogen-bond acceptors (Lipinski definition) is 3. The second kappa shape index (κ2) is 11.9. The molecule has 164 valence electrons. The van der Waals surface area contributed by atoms with Gasteiger partial charge in [0.05, 0.1) is 16.7 Å². The Bertz CT molecular complexity index is 958. The number of guanidine groups is 1. The van der Waals surface area contributed by atoms with Gasteiger partial charge >= 0.3 is 0 Å². The van der Waals surface area contributed by atoms with Crippen LogP contribution in [-0.4, -0.2) is 44.9 Å². The Morgan fingerprint density at radius 2 is 1.87 bits per heavy atom. The van der Waals surface area contributed by atoms with E-state index in [1.807, 2.05) is 13.0 Å². The van der Waals surface area contributed by atoms with Crippen LogP contribution in [0.3, 0.4) is 0 Å². The van der Waals surface area contributed by atoms with Crippen molar-refractivity contribution in [1.82, 2.24) is 30.0 Å². The summed E-state index contributed by atoms with van der Waals surface area (Å²) < 4.78 is 4.35. The van der Waals surface area contributed by atoms with Crippen molar-refractivity contribution in [2.45, 2.75) is 53.6 Å². The third-order valence-electron chi connectivity index (χ3n) is 4.94. The number of hydrogen-bond donors (Lipinski definition) is 2. The predicted octanol–water partition coefficient (Wildman–Crippen LogP) is 3.81. The average molecular weight is 523 g/mol. The number of nitrogens with one attached hydrogen (secondary N) is 2. The smallest absolute Gasteiger partial charge is 0.191 e. The third kappa shape index (κ3) is 6.45. The van der Waals surface area contributed by atoms with Gasteiger partial charge in [0.1, 0.15) is 5.82 Å². The van der Waals surface area contributed by atoms with Gasteiger partial charge in [0.25, 0.3) is 0 Å². The molecule has 1 aromatic carbocycles. The van der Waals surface area contributed by atoms with Crippen LogP contribution in [0.5, 0.6) is 0 Å². The Kier molecular flexibility index (Phi) is 9.61. The molecule has 0 saturated heterocycles. The molecule has 0 spiro atoms. The normalized spacial score (nSPS) is 11.5. The highest BCUT2D eigenvalue weighted by Crippen LogP contribution is 2.15. The van der Waals surface area contributed by atoms with Crippen LogP contribution in [0.1, 0.15) is 37.0 Å². The summed E-state index contributed by atoms with van der Waals surface area (Å²) in [6.45, 7) is 12.6. The minimum absolute atomic E-state index is 0. The number of imidazole rings is 1. The lowest BCUT2D eigenvalue weighted by atomic mass is 10.3. The van der Waals surface area contributed by atoms with Crippen molar-refractivity contribution < 1.29 is 0 Å². The first kappa shape index (κ1) is 24.2. The van der Waals surface area contributed by atoms with Crippen molar-refractivity contribution in [3.63, 3.8) is 0 Å². The van der Waals surface area contributed by atoms with Gasteiger partial charge in [0, 0.05) is 38.4 Å². The van der Waals surface area contributed by atoms with Gasteiger partial charge in [-0.3, -0.25) is 9.67 Å². The van der Waals surface area contributed by atoms with Crippen molar-refractivity contribution in [1.29, 1.82) is 0 Å². The molecule has 0 amide bonds. The number of nitrogens with zero attached hydrogens (tertiary/aromatic N) is 5. The van der Waals surface area contributed by atoms with Crippen LogP contribution >= 0.6 is 24.0 Å². The molecule has 2 heterocycles. The van der Waals surface area contributed by atoms with E-state index in [9.17, 15) is 0 Å². The number of rotatable bonds is 9. The molecule has 0 saturated carbocycles. The van der Waals surface area contributed by atoms with E-state index < -0.39 is 0 Å². The quantitative estimate of drug-likeness (QED) is 0.194. The molecule has 0 radical (unpaired) electrons. The summed E-state index contributed by atoms with van der Waals surface area (Å²) in [5.41, 5.74) is 4.55. The van der Waals surface area contributed by atoms with E-state index >= 15 is 0 Å². The minimum Gasteiger partial charge on any atom is -0.357 e. The second-order valence-electron chi connectivity index (χ2n) is 7.34. The van der Waals surface area contributed by atoms with Crippen LogP contribution in [0.2, 0.25) is 0 Å². The molecular formula is C22H34IN7. The Morgan fingerprint density at radius 3 is 2.60 bits per heavy atom. The van der Waals surface area contributed by atoms with E-state index in [2.05, 4.69) is 75.0 Å². The lowest BCUT2D eigenvalue weighted by Gasteiger charge is -2.12. The Hall–Kier alpha value is -2.10. The summed E-state index contributed by atoms with van der Waals surface area (Å²) in [6, 6.07) is 10.4. The molecule has 3 aromatic rings. The molecule has 0 atom stereocenters. The SMILES string of the molecule is CCNC(=NCCCn1c(C)nc2ccccc21)NCCCn1nc(C)cc1C.I. The summed E-state index contributed by atoms with van der Waals surface area (Å²) in [4.78, 5) is 9.36. The van der Waals surface area contributed by atoms with Gasteiger partial charge in [0.2, 0.25) is 0 Å². The van der Waals surface area contributed by atoms with E-state index in [4.69, 9.17) is 4.99 Å². The number of aromatic nitrogens is 4. The van der Waals surface area contributed by atoms with Gasteiger partial charge in [-0.2, -0.15) is 5.10 Å². The first-order valence-electron chi connectivity index (χ1n) is 10.5. The second-order valence-corrected chi connectivity index (χ2v) is 7.34. The van der Waals surface area contributed by atoms with Gasteiger partial charge in [-0.25, -0.2) is 4.98 Å². The van der Waals surface area contributed by atoms with Gasteiger partial charge in [0.15, 0.2) is 5.96 Å². The molecule has 2 aromatic heterocycles. The van der Waals surface area contributed by atoms with Crippen molar-refractivity contribution in [3.8, 4) is 0 Å². The maximum Gasteiger partial charge on any atom is 0.191 e. The lowest BCUT2D eigenvalue weighted by molar-refractivity contribution is 0.555. The Labute approximate surface area is 196 Å². The highest BCUT2D eigenvalue weighted by atomic mass is 127. The Morgan fingerprint density at radius 1 is 1.07 bits per heavy atom. The van der Waals surface area contributed by atoms with Crippen molar-refractivity contribution in [2.75, 3.05) is 19.6 Å². The maximum absolute atomic E-state index is 4.73. The van der Waals surface area contributed by atoms with Crippen LogP contribution in [0.4, 0.5) is 0 Å². The zero-order chi connectivity index (χ0) is 20.6. The van der Waals surface area contributed by atoms with Crippen LogP contribution in [0, 0.1) is 20.8 Å². The fraction of sp³-hybridized carbons (Fsp3) is 0.500. The largest absolute Gasteiger partial charge is 0.357 e. The molecule has 7 nitrogen and oxygen atoms in total. The molecule has 0 fully saturated rings. The van der Waals surface area contributed by atoms with Crippen LogP contribution in [0.15, 0.2) is 35.3 Å². The molecule has 0 unspecified atom stereocenters. The fourth-order valence-electron chi connectivity index (χ4n) is 3.58. The topological polar surface area (TPSA) is 72.1 Å². The van der Waals surface area contributed by atoms with E-state index in [1.54, 1.807) is 0 Å². The van der Waals surface area contributed by atoms with Crippen LogP contribution < -0.4 is 10.6 Å². The summed E-state index contributed by atoms with van der Waals surface area (Å²) in [6.07, 6.45) is 1.98.